The summed E-state index contributed by atoms with van der Waals surface area (Å²) in [6, 6.07) is -0.416. The molecule has 102 valence electrons. The number of hydrogen-bond acceptors (Lipinski definition) is 3. The summed E-state index contributed by atoms with van der Waals surface area (Å²) in [5.74, 6) is 0.0709. The van der Waals surface area contributed by atoms with Crippen LogP contribution in [0.2, 0.25) is 0 Å². The van der Waals surface area contributed by atoms with Crippen LogP contribution < -0.4 is 5.73 Å². The lowest BCUT2D eigenvalue weighted by Crippen LogP contribution is -2.45. The Bertz CT molecular complexity index is 326. The molecule has 0 radical (unpaired) electrons. The number of hydrogen-bond donors (Lipinski definition) is 1. The summed E-state index contributed by atoms with van der Waals surface area (Å²) in [7, 11) is 0. The maximum absolute atomic E-state index is 12.0. The molecule has 0 saturated carbocycles. The van der Waals surface area contributed by atoms with Gasteiger partial charge in [-0.1, -0.05) is 6.92 Å². The second-order valence-corrected chi connectivity index (χ2v) is 5.45. The lowest BCUT2D eigenvalue weighted by molar-refractivity contribution is -0.136. The van der Waals surface area contributed by atoms with E-state index in [0.717, 1.165) is 19.6 Å². The van der Waals surface area contributed by atoms with Gasteiger partial charge in [-0.25, -0.2) is 0 Å². The SMILES string of the molecule is CCC(C(N)=O)N1CC(CN2CCCC2)CC1=O. The minimum atomic E-state index is -0.416. The highest BCUT2D eigenvalue weighted by Crippen LogP contribution is 2.23. The van der Waals surface area contributed by atoms with Gasteiger partial charge < -0.3 is 15.5 Å². The zero-order chi connectivity index (χ0) is 13.1. The van der Waals surface area contributed by atoms with Crippen molar-refractivity contribution in [3.05, 3.63) is 0 Å². The minimum absolute atomic E-state index is 0.0878. The first-order chi connectivity index (χ1) is 8.61. The van der Waals surface area contributed by atoms with E-state index in [2.05, 4.69) is 4.90 Å². The Morgan fingerprint density at radius 3 is 2.67 bits per heavy atom. The molecule has 2 saturated heterocycles. The molecule has 0 aliphatic carbocycles. The van der Waals surface area contributed by atoms with Gasteiger partial charge in [0.05, 0.1) is 0 Å². The molecule has 0 bridgehead atoms. The second kappa shape index (κ2) is 5.69. The number of carbonyl (C=O) groups excluding carboxylic acids is 2. The second-order valence-electron chi connectivity index (χ2n) is 5.45. The molecule has 2 atom stereocenters. The van der Waals surface area contributed by atoms with E-state index in [0.29, 0.717) is 25.3 Å². The molecule has 0 aromatic rings. The average molecular weight is 253 g/mol. The average Bonchev–Trinajstić information content (AvgIpc) is 2.91. The standard InChI is InChI=1S/C13H23N3O2/c1-2-11(13(14)18)16-9-10(7-12(16)17)8-15-5-3-4-6-15/h10-11H,2-9H2,1H3,(H2,14,18). The Kier molecular flexibility index (Phi) is 4.22. The first kappa shape index (κ1) is 13.3. The molecule has 18 heavy (non-hydrogen) atoms. The summed E-state index contributed by atoms with van der Waals surface area (Å²) >= 11 is 0. The molecule has 5 nitrogen and oxygen atoms in total. The van der Waals surface area contributed by atoms with Crippen molar-refractivity contribution in [3.8, 4) is 0 Å². The van der Waals surface area contributed by atoms with Gasteiger partial charge in [0, 0.05) is 19.5 Å². The van der Waals surface area contributed by atoms with E-state index in [1.165, 1.54) is 12.8 Å². The third-order valence-corrected chi connectivity index (χ3v) is 4.04. The third-order valence-electron chi connectivity index (χ3n) is 4.04. The van der Waals surface area contributed by atoms with Crippen molar-refractivity contribution in [2.75, 3.05) is 26.2 Å². The molecule has 0 aromatic heterocycles. The quantitative estimate of drug-likeness (QED) is 0.761. The van der Waals surface area contributed by atoms with Gasteiger partial charge in [0.2, 0.25) is 11.8 Å². The largest absolute Gasteiger partial charge is 0.368 e. The van der Waals surface area contributed by atoms with Crippen LogP contribution in [-0.4, -0.2) is 53.8 Å². The first-order valence-electron chi connectivity index (χ1n) is 6.93. The molecular weight excluding hydrogens is 230 g/mol. The predicted molar refractivity (Wildman–Crippen MR) is 68.8 cm³/mol. The van der Waals surface area contributed by atoms with Crippen LogP contribution in [0.5, 0.6) is 0 Å². The topological polar surface area (TPSA) is 66.6 Å². The molecule has 0 aromatic carbocycles. The zero-order valence-electron chi connectivity index (χ0n) is 11.1. The molecule has 2 heterocycles. The number of nitrogens with zero attached hydrogens (tertiary/aromatic N) is 2. The van der Waals surface area contributed by atoms with E-state index < -0.39 is 6.04 Å². The van der Waals surface area contributed by atoms with Gasteiger partial charge in [-0.15, -0.1) is 0 Å². The number of rotatable bonds is 5. The maximum atomic E-state index is 12.0. The first-order valence-corrected chi connectivity index (χ1v) is 6.93. The van der Waals surface area contributed by atoms with Gasteiger partial charge in [0.25, 0.3) is 0 Å². The van der Waals surface area contributed by atoms with Crippen LogP contribution in [0.15, 0.2) is 0 Å². The van der Waals surface area contributed by atoms with Crippen molar-refractivity contribution in [1.29, 1.82) is 0 Å². The van der Waals surface area contributed by atoms with Crippen LogP contribution in [-0.2, 0) is 9.59 Å². The smallest absolute Gasteiger partial charge is 0.240 e. The van der Waals surface area contributed by atoms with E-state index in [-0.39, 0.29) is 11.8 Å². The van der Waals surface area contributed by atoms with Gasteiger partial charge in [-0.3, -0.25) is 9.59 Å². The van der Waals surface area contributed by atoms with Crippen molar-refractivity contribution < 1.29 is 9.59 Å². The lowest BCUT2D eigenvalue weighted by Gasteiger charge is -2.25. The summed E-state index contributed by atoms with van der Waals surface area (Å²) in [6.07, 6.45) is 3.71. The molecule has 2 unspecified atom stereocenters. The van der Waals surface area contributed by atoms with E-state index in [1.807, 2.05) is 6.92 Å². The highest BCUT2D eigenvalue weighted by atomic mass is 16.2. The van der Waals surface area contributed by atoms with Crippen LogP contribution in [0.25, 0.3) is 0 Å². The van der Waals surface area contributed by atoms with Crippen molar-refractivity contribution in [2.45, 2.75) is 38.6 Å². The molecule has 2 N–H and O–H groups in total. The number of nitrogens with two attached hydrogens (primary N) is 1. The number of likely N-dealkylation sites (tertiary alicyclic amines) is 2. The van der Waals surface area contributed by atoms with Crippen LogP contribution >= 0.6 is 0 Å². The Morgan fingerprint density at radius 1 is 1.44 bits per heavy atom. The van der Waals surface area contributed by atoms with Gasteiger partial charge in [-0.05, 0) is 38.3 Å². The molecule has 5 heteroatoms. The Balaban J connectivity index is 1.91. The van der Waals surface area contributed by atoms with Crippen molar-refractivity contribution in [2.24, 2.45) is 11.7 Å². The molecule has 2 aliphatic heterocycles. The fraction of sp³-hybridized carbons (Fsp3) is 0.846. The van der Waals surface area contributed by atoms with Crippen molar-refractivity contribution >= 4 is 11.8 Å². The van der Waals surface area contributed by atoms with Gasteiger partial charge >= 0.3 is 0 Å². The molecule has 2 rings (SSSR count). The fourth-order valence-corrected chi connectivity index (χ4v) is 3.14. The van der Waals surface area contributed by atoms with Crippen molar-refractivity contribution in [1.82, 2.24) is 9.80 Å². The fourth-order valence-electron chi connectivity index (χ4n) is 3.14. The Morgan fingerprint density at radius 2 is 2.11 bits per heavy atom. The monoisotopic (exact) mass is 253 g/mol. The lowest BCUT2D eigenvalue weighted by atomic mass is 10.1. The van der Waals surface area contributed by atoms with E-state index in [1.54, 1.807) is 4.90 Å². The maximum Gasteiger partial charge on any atom is 0.240 e. The minimum Gasteiger partial charge on any atom is -0.368 e. The molecule has 2 aliphatic rings. The predicted octanol–water partition coefficient (Wildman–Crippen LogP) is 0.195. The van der Waals surface area contributed by atoms with E-state index in [9.17, 15) is 9.59 Å². The summed E-state index contributed by atoms with van der Waals surface area (Å²) in [5.41, 5.74) is 5.36. The van der Waals surface area contributed by atoms with E-state index in [4.69, 9.17) is 5.73 Å². The summed E-state index contributed by atoms with van der Waals surface area (Å²) in [5, 5.41) is 0. The van der Waals surface area contributed by atoms with Gasteiger partial charge in [-0.2, -0.15) is 0 Å². The van der Waals surface area contributed by atoms with Crippen LogP contribution in [0.4, 0.5) is 0 Å². The Labute approximate surface area is 108 Å². The van der Waals surface area contributed by atoms with Crippen LogP contribution in [0, 0.1) is 5.92 Å². The van der Waals surface area contributed by atoms with E-state index >= 15 is 0 Å². The van der Waals surface area contributed by atoms with Gasteiger partial charge in [0.1, 0.15) is 6.04 Å². The number of primary amides is 1. The highest BCUT2D eigenvalue weighted by molar-refractivity contribution is 5.87. The summed E-state index contributed by atoms with van der Waals surface area (Å²) in [6.45, 7) is 5.88. The van der Waals surface area contributed by atoms with Gasteiger partial charge in [0.15, 0.2) is 0 Å². The van der Waals surface area contributed by atoms with Crippen LogP contribution in [0.3, 0.4) is 0 Å². The zero-order valence-corrected chi connectivity index (χ0v) is 11.1. The summed E-state index contributed by atoms with van der Waals surface area (Å²) in [4.78, 5) is 27.4. The number of carbonyl (C=O) groups is 2. The molecular formula is C13H23N3O2. The van der Waals surface area contributed by atoms with Crippen LogP contribution in [0.1, 0.15) is 32.6 Å². The highest BCUT2D eigenvalue weighted by Gasteiger charge is 2.36. The third kappa shape index (κ3) is 2.83. The normalized spacial score (nSPS) is 26.8. The molecule has 2 amide bonds. The summed E-state index contributed by atoms with van der Waals surface area (Å²) < 4.78 is 0. The number of amides is 2. The molecule has 0 spiro atoms. The van der Waals surface area contributed by atoms with Crippen molar-refractivity contribution in [3.63, 3.8) is 0 Å². The Hall–Kier alpha value is -1.10. The molecule has 2 fully saturated rings.